The van der Waals surface area contributed by atoms with Gasteiger partial charge in [0, 0.05) is 34.8 Å². The fourth-order valence-corrected chi connectivity index (χ4v) is 4.28. The summed E-state index contributed by atoms with van der Waals surface area (Å²) in [6.45, 7) is 8.00. The SMILES string of the molecule is C=C(C)C(=O)N[C@H]1C=C(C)c2c(-c3cnc4ccccc4c3)c3c(N)ncnc3n2C1. The number of amides is 1. The van der Waals surface area contributed by atoms with Crippen LogP contribution in [-0.2, 0) is 11.3 Å². The molecule has 7 heteroatoms. The molecule has 0 spiro atoms. The molecule has 1 amide bonds. The molecule has 0 unspecified atom stereocenters. The molecule has 4 heterocycles. The second-order valence-electron chi connectivity index (χ2n) is 7.92. The number of aromatic nitrogens is 4. The number of nitrogens with two attached hydrogens (primary N) is 1. The molecule has 154 valence electrons. The van der Waals surface area contributed by atoms with Crippen molar-refractivity contribution in [1.29, 1.82) is 0 Å². The number of fused-ring (bicyclic) bond motifs is 4. The van der Waals surface area contributed by atoms with E-state index in [0.717, 1.165) is 44.3 Å². The minimum absolute atomic E-state index is 0.165. The molecule has 0 aliphatic carbocycles. The van der Waals surface area contributed by atoms with Gasteiger partial charge in [0.15, 0.2) is 0 Å². The van der Waals surface area contributed by atoms with Gasteiger partial charge in [0.1, 0.15) is 17.8 Å². The van der Waals surface area contributed by atoms with Crippen molar-refractivity contribution in [3.05, 3.63) is 66.8 Å². The molecule has 3 aromatic heterocycles. The van der Waals surface area contributed by atoms with Crippen molar-refractivity contribution in [3.8, 4) is 11.1 Å². The monoisotopic (exact) mass is 410 g/mol. The summed E-state index contributed by atoms with van der Waals surface area (Å²) in [5, 5.41) is 4.87. The molecule has 3 N–H and O–H groups in total. The van der Waals surface area contributed by atoms with Crippen LogP contribution in [0.25, 0.3) is 38.6 Å². The van der Waals surface area contributed by atoms with Gasteiger partial charge in [0.2, 0.25) is 5.91 Å². The van der Waals surface area contributed by atoms with Gasteiger partial charge in [-0.3, -0.25) is 9.78 Å². The molecule has 31 heavy (non-hydrogen) atoms. The Morgan fingerprint density at radius 1 is 1.26 bits per heavy atom. The Bertz CT molecular complexity index is 1410. The summed E-state index contributed by atoms with van der Waals surface area (Å²) in [4.78, 5) is 25.6. The lowest BCUT2D eigenvalue weighted by Crippen LogP contribution is -2.38. The molecule has 5 rings (SSSR count). The summed E-state index contributed by atoms with van der Waals surface area (Å²) in [7, 11) is 0. The molecule has 1 atom stereocenters. The Hall–Kier alpha value is -4.00. The van der Waals surface area contributed by atoms with Crippen molar-refractivity contribution in [2.45, 2.75) is 26.4 Å². The van der Waals surface area contributed by atoms with Crippen LogP contribution in [0.1, 0.15) is 19.5 Å². The topological polar surface area (TPSA) is 98.7 Å². The summed E-state index contributed by atoms with van der Waals surface area (Å²) >= 11 is 0. The molecule has 0 saturated carbocycles. The van der Waals surface area contributed by atoms with E-state index in [4.69, 9.17) is 5.73 Å². The number of benzene rings is 1. The first-order valence-corrected chi connectivity index (χ1v) is 10.1. The summed E-state index contributed by atoms with van der Waals surface area (Å²) in [5.74, 6) is 0.257. The van der Waals surface area contributed by atoms with Crippen LogP contribution in [0.2, 0.25) is 0 Å². The highest BCUT2D eigenvalue weighted by molar-refractivity contribution is 6.07. The van der Waals surface area contributed by atoms with Crippen molar-refractivity contribution in [2.24, 2.45) is 0 Å². The summed E-state index contributed by atoms with van der Waals surface area (Å²) in [5.41, 5.74) is 12.4. The van der Waals surface area contributed by atoms with E-state index in [1.165, 1.54) is 6.33 Å². The predicted octanol–water partition coefficient (Wildman–Crippen LogP) is 3.71. The van der Waals surface area contributed by atoms with E-state index < -0.39 is 0 Å². The van der Waals surface area contributed by atoms with Crippen LogP contribution in [0.5, 0.6) is 0 Å². The molecule has 4 aromatic rings. The fraction of sp³-hybridized carbons (Fsp3) is 0.167. The summed E-state index contributed by atoms with van der Waals surface area (Å²) in [6.07, 6.45) is 5.41. The van der Waals surface area contributed by atoms with Crippen LogP contribution < -0.4 is 11.1 Å². The predicted molar refractivity (Wildman–Crippen MR) is 123 cm³/mol. The third-order valence-electron chi connectivity index (χ3n) is 5.66. The molecule has 7 nitrogen and oxygen atoms in total. The highest BCUT2D eigenvalue weighted by Crippen LogP contribution is 2.41. The number of carbonyl (C=O) groups excluding carboxylic acids is 1. The first-order valence-electron chi connectivity index (χ1n) is 10.1. The molecule has 0 fully saturated rings. The Morgan fingerprint density at radius 3 is 2.87 bits per heavy atom. The average Bonchev–Trinajstić information content (AvgIpc) is 3.09. The second kappa shape index (κ2) is 7.05. The number of hydrogen-bond acceptors (Lipinski definition) is 5. The maximum absolute atomic E-state index is 12.2. The third kappa shape index (κ3) is 3.06. The summed E-state index contributed by atoms with van der Waals surface area (Å²) in [6, 6.07) is 9.95. The van der Waals surface area contributed by atoms with E-state index in [0.29, 0.717) is 17.9 Å². The fourth-order valence-electron chi connectivity index (χ4n) is 4.28. The largest absolute Gasteiger partial charge is 0.383 e. The maximum atomic E-state index is 12.2. The lowest BCUT2D eigenvalue weighted by atomic mass is 9.97. The second-order valence-corrected chi connectivity index (χ2v) is 7.92. The lowest BCUT2D eigenvalue weighted by molar-refractivity contribution is -0.117. The van der Waals surface area contributed by atoms with E-state index in [1.807, 2.05) is 37.4 Å². The molecular formula is C24H22N6O. The van der Waals surface area contributed by atoms with Crippen molar-refractivity contribution < 1.29 is 4.79 Å². The van der Waals surface area contributed by atoms with Gasteiger partial charge >= 0.3 is 0 Å². The van der Waals surface area contributed by atoms with E-state index in [1.54, 1.807) is 6.92 Å². The molecular weight excluding hydrogens is 388 g/mol. The smallest absolute Gasteiger partial charge is 0.246 e. The first-order chi connectivity index (χ1) is 14.9. The number of pyridine rings is 1. The number of nitrogens with zero attached hydrogens (tertiary/aromatic N) is 4. The van der Waals surface area contributed by atoms with Gasteiger partial charge in [-0.2, -0.15) is 0 Å². The number of carbonyl (C=O) groups is 1. The van der Waals surface area contributed by atoms with E-state index in [2.05, 4.69) is 43.6 Å². The molecule has 0 bridgehead atoms. The minimum Gasteiger partial charge on any atom is -0.383 e. The van der Waals surface area contributed by atoms with Crippen molar-refractivity contribution in [3.63, 3.8) is 0 Å². The Labute approximate surface area is 179 Å². The minimum atomic E-state index is -0.175. The van der Waals surface area contributed by atoms with Crippen LogP contribution in [0, 0.1) is 0 Å². The van der Waals surface area contributed by atoms with E-state index in [9.17, 15) is 4.79 Å². The van der Waals surface area contributed by atoms with Crippen molar-refractivity contribution in [1.82, 2.24) is 24.8 Å². The standard InChI is InChI=1S/C24H22N6O/c1-13(2)24(31)29-17-8-14(3)21-19(16-9-15-6-4-5-7-18(15)26-10-16)20-22(25)27-12-28-23(20)30(21)11-17/h4-10,12,17H,1,11H2,2-3H3,(H,29,31)(H2,25,27,28)/t17-/m0/s1. The van der Waals surface area contributed by atoms with Gasteiger partial charge in [-0.25, -0.2) is 9.97 Å². The first kappa shape index (κ1) is 19.0. The van der Waals surface area contributed by atoms with Gasteiger partial charge in [-0.1, -0.05) is 30.9 Å². The highest BCUT2D eigenvalue weighted by Gasteiger charge is 2.28. The Kier molecular flexibility index (Phi) is 4.32. The zero-order valence-corrected chi connectivity index (χ0v) is 17.4. The van der Waals surface area contributed by atoms with Crippen molar-refractivity contribution >= 4 is 39.2 Å². The van der Waals surface area contributed by atoms with Gasteiger partial charge in [-0.15, -0.1) is 0 Å². The van der Waals surface area contributed by atoms with E-state index >= 15 is 0 Å². The number of anilines is 1. The molecule has 1 aliphatic rings. The number of nitrogens with one attached hydrogen (secondary N) is 1. The zero-order valence-electron chi connectivity index (χ0n) is 17.4. The Balaban J connectivity index is 1.74. The molecule has 1 aromatic carbocycles. The molecule has 0 saturated heterocycles. The van der Waals surface area contributed by atoms with Crippen LogP contribution in [0.4, 0.5) is 5.82 Å². The van der Waals surface area contributed by atoms with Gasteiger partial charge < -0.3 is 15.6 Å². The van der Waals surface area contributed by atoms with Crippen LogP contribution in [0.3, 0.4) is 0 Å². The van der Waals surface area contributed by atoms with Gasteiger partial charge in [0.25, 0.3) is 0 Å². The number of hydrogen-bond donors (Lipinski definition) is 2. The number of para-hydroxylation sites is 1. The quantitative estimate of drug-likeness (QED) is 0.502. The normalized spacial score (nSPS) is 15.5. The van der Waals surface area contributed by atoms with Crippen molar-refractivity contribution in [2.75, 3.05) is 5.73 Å². The summed E-state index contributed by atoms with van der Waals surface area (Å²) < 4.78 is 2.11. The number of rotatable bonds is 3. The lowest BCUT2D eigenvalue weighted by Gasteiger charge is -2.25. The molecule has 1 aliphatic heterocycles. The number of nitrogen functional groups attached to an aromatic ring is 1. The van der Waals surface area contributed by atoms with Gasteiger partial charge in [-0.05, 0) is 31.6 Å². The average molecular weight is 410 g/mol. The third-order valence-corrected chi connectivity index (χ3v) is 5.66. The Morgan fingerprint density at radius 2 is 2.06 bits per heavy atom. The maximum Gasteiger partial charge on any atom is 0.246 e. The van der Waals surface area contributed by atoms with E-state index in [-0.39, 0.29) is 11.9 Å². The van der Waals surface area contributed by atoms with Crippen LogP contribution >= 0.6 is 0 Å². The highest BCUT2D eigenvalue weighted by atomic mass is 16.1. The number of allylic oxidation sites excluding steroid dienone is 1. The molecule has 0 radical (unpaired) electrons. The van der Waals surface area contributed by atoms with Gasteiger partial charge in [0.05, 0.1) is 22.6 Å². The zero-order chi connectivity index (χ0) is 21.7. The van der Waals surface area contributed by atoms with Crippen LogP contribution in [0.15, 0.2) is 61.1 Å². The van der Waals surface area contributed by atoms with Crippen LogP contribution in [-0.4, -0.2) is 31.5 Å².